The second kappa shape index (κ2) is 9.47. The molecule has 158 valence electrons. The van der Waals surface area contributed by atoms with Gasteiger partial charge >= 0.3 is 0 Å². The third-order valence-corrected chi connectivity index (χ3v) is 5.68. The molecule has 1 heterocycles. The van der Waals surface area contributed by atoms with Crippen LogP contribution in [0.2, 0.25) is 0 Å². The second-order valence-electron chi connectivity index (χ2n) is 7.67. The molecule has 3 aromatic rings. The number of hydrogen-bond acceptors (Lipinski definition) is 3. The standard InChI is InChI=1S/C26H26N2O3/c1-31-22-13-11-20(12-14-22)24(28-18-21-9-5-6-10-23(21)26(28)30)17-25(29)27-16-15-19-7-3-2-4-8-19/h2-14,24H,15-18H2,1H3,(H,27,29)/t24-/m1/s1. The van der Waals surface area contributed by atoms with Crippen LogP contribution in [0.5, 0.6) is 5.75 Å². The maximum absolute atomic E-state index is 13.1. The van der Waals surface area contributed by atoms with Gasteiger partial charge in [-0.3, -0.25) is 9.59 Å². The van der Waals surface area contributed by atoms with Crippen LogP contribution in [0.25, 0.3) is 0 Å². The van der Waals surface area contributed by atoms with E-state index in [1.807, 2.05) is 78.9 Å². The zero-order valence-electron chi connectivity index (χ0n) is 17.6. The molecule has 0 saturated heterocycles. The van der Waals surface area contributed by atoms with Gasteiger partial charge in [-0.25, -0.2) is 0 Å². The van der Waals surface area contributed by atoms with E-state index in [-0.39, 0.29) is 24.3 Å². The third kappa shape index (κ3) is 4.77. The molecule has 2 amide bonds. The molecule has 5 nitrogen and oxygen atoms in total. The fourth-order valence-corrected chi connectivity index (χ4v) is 4.00. The molecule has 0 aromatic heterocycles. The Bertz CT molecular complexity index is 1050. The van der Waals surface area contributed by atoms with Gasteiger partial charge < -0.3 is 15.0 Å². The molecular weight excluding hydrogens is 388 g/mol. The lowest BCUT2D eigenvalue weighted by molar-refractivity contribution is -0.122. The van der Waals surface area contributed by atoms with Crippen molar-refractivity contribution in [2.75, 3.05) is 13.7 Å². The normalized spacial score (nSPS) is 13.6. The van der Waals surface area contributed by atoms with Crippen LogP contribution in [0.3, 0.4) is 0 Å². The molecule has 0 bridgehead atoms. The predicted molar refractivity (Wildman–Crippen MR) is 120 cm³/mol. The molecule has 0 unspecified atom stereocenters. The summed E-state index contributed by atoms with van der Waals surface area (Å²) in [5.41, 5.74) is 3.81. The Hall–Kier alpha value is -3.60. The number of benzene rings is 3. The number of amides is 2. The largest absolute Gasteiger partial charge is 0.497 e. The number of fused-ring (bicyclic) bond motifs is 1. The SMILES string of the molecule is COc1ccc([C@@H](CC(=O)NCCc2ccccc2)N2Cc3ccccc3C2=O)cc1. The Morgan fingerprint density at radius 1 is 1.00 bits per heavy atom. The van der Waals surface area contributed by atoms with Gasteiger partial charge in [-0.15, -0.1) is 0 Å². The highest BCUT2D eigenvalue weighted by atomic mass is 16.5. The van der Waals surface area contributed by atoms with E-state index in [4.69, 9.17) is 4.74 Å². The van der Waals surface area contributed by atoms with Crippen LogP contribution >= 0.6 is 0 Å². The molecule has 0 spiro atoms. The van der Waals surface area contributed by atoms with Gasteiger partial charge in [0.25, 0.3) is 5.91 Å². The topological polar surface area (TPSA) is 58.6 Å². The minimum atomic E-state index is -0.345. The van der Waals surface area contributed by atoms with Crippen LogP contribution < -0.4 is 10.1 Å². The van der Waals surface area contributed by atoms with E-state index >= 15 is 0 Å². The molecule has 3 aromatic carbocycles. The smallest absolute Gasteiger partial charge is 0.255 e. The second-order valence-corrected chi connectivity index (χ2v) is 7.67. The molecule has 0 saturated carbocycles. The summed E-state index contributed by atoms with van der Waals surface area (Å²) < 4.78 is 5.26. The number of methoxy groups -OCH3 is 1. The minimum absolute atomic E-state index is 0.0338. The Morgan fingerprint density at radius 2 is 1.71 bits per heavy atom. The highest BCUT2D eigenvalue weighted by molar-refractivity contribution is 5.98. The molecular formula is C26H26N2O3. The molecule has 1 atom stereocenters. The van der Waals surface area contributed by atoms with Crippen molar-refractivity contribution in [1.82, 2.24) is 10.2 Å². The fraction of sp³-hybridized carbons (Fsp3) is 0.231. The summed E-state index contributed by atoms with van der Waals surface area (Å²) in [6.45, 7) is 1.06. The molecule has 0 aliphatic carbocycles. The maximum Gasteiger partial charge on any atom is 0.255 e. The van der Waals surface area contributed by atoms with Crippen molar-refractivity contribution in [1.29, 1.82) is 0 Å². The summed E-state index contributed by atoms with van der Waals surface area (Å²) >= 11 is 0. The fourth-order valence-electron chi connectivity index (χ4n) is 4.00. The maximum atomic E-state index is 13.1. The van der Waals surface area contributed by atoms with E-state index < -0.39 is 0 Å². The van der Waals surface area contributed by atoms with Crippen molar-refractivity contribution in [3.8, 4) is 5.75 Å². The van der Waals surface area contributed by atoms with Gasteiger partial charge in [0.05, 0.1) is 19.6 Å². The van der Waals surface area contributed by atoms with Gasteiger partial charge in [-0.05, 0) is 41.3 Å². The number of rotatable bonds is 8. The number of nitrogens with one attached hydrogen (secondary N) is 1. The number of ether oxygens (including phenoxy) is 1. The quantitative estimate of drug-likeness (QED) is 0.603. The lowest BCUT2D eigenvalue weighted by Crippen LogP contribution is -2.35. The molecule has 4 rings (SSSR count). The molecule has 31 heavy (non-hydrogen) atoms. The summed E-state index contributed by atoms with van der Waals surface area (Å²) in [6, 6.07) is 24.9. The van der Waals surface area contributed by atoms with Gasteiger partial charge in [-0.1, -0.05) is 60.7 Å². The van der Waals surface area contributed by atoms with Gasteiger partial charge in [0.15, 0.2) is 0 Å². The molecule has 1 N–H and O–H groups in total. The van der Waals surface area contributed by atoms with Crippen molar-refractivity contribution in [2.45, 2.75) is 25.4 Å². The molecule has 5 heteroatoms. The van der Waals surface area contributed by atoms with E-state index in [1.165, 1.54) is 5.56 Å². The van der Waals surface area contributed by atoms with Crippen molar-refractivity contribution < 1.29 is 14.3 Å². The summed E-state index contributed by atoms with van der Waals surface area (Å²) in [7, 11) is 1.62. The van der Waals surface area contributed by atoms with E-state index in [1.54, 1.807) is 12.0 Å². The Kier molecular flexibility index (Phi) is 6.32. The van der Waals surface area contributed by atoms with Gasteiger partial charge in [-0.2, -0.15) is 0 Å². The van der Waals surface area contributed by atoms with Gasteiger partial charge in [0.2, 0.25) is 5.91 Å². The predicted octanol–water partition coefficient (Wildman–Crippen LogP) is 4.14. The van der Waals surface area contributed by atoms with Crippen LogP contribution in [0, 0.1) is 0 Å². The number of carbonyl (C=O) groups excluding carboxylic acids is 2. The first-order valence-electron chi connectivity index (χ1n) is 10.5. The first-order chi connectivity index (χ1) is 15.2. The third-order valence-electron chi connectivity index (χ3n) is 5.68. The number of nitrogens with zero attached hydrogens (tertiary/aromatic N) is 1. The van der Waals surface area contributed by atoms with E-state index in [2.05, 4.69) is 5.32 Å². The van der Waals surface area contributed by atoms with Crippen molar-refractivity contribution in [3.63, 3.8) is 0 Å². The van der Waals surface area contributed by atoms with Gasteiger partial charge in [0, 0.05) is 18.7 Å². The van der Waals surface area contributed by atoms with E-state index in [9.17, 15) is 9.59 Å². The number of carbonyl (C=O) groups is 2. The number of hydrogen-bond donors (Lipinski definition) is 1. The van der Waals surface area contributed by atoms with Crippen LogP contribution in [0.1, 0.15) is 39.5 Å². The van der Waals surface area contributed by atoms with E-state index in [0.29, 0.717) is 18.7 Å². The van der Waals surface area contributed by atoms with E-state index in [0.717, 1.165) is 23.3 Å². The summed E-state index contributed by atoms with van der Waals surface area (Å²) in [5, 5.41) is 3.01. The first kappa shape index (κ1) is 20.7. The molecule has 0 radical (unpaired) electrons. The summed E-state index contributed by atoms with van der Waals surface area (Å²) in [4.78, 5) is 27.7. The van der Waals surface area contributed by atoms with Crippen LogP contribution in [-0.2, 0) is 17.8 Å². The molecule has 1 aliphatic heterocycles. The monoisotopic (exact) mass is 414 g/mol. The first-order valence-corrected chi connectivity index (χ1v) is 10.5. The lowest BCUT2D eigenvalue weighted by Gasteiger charge is -2.28. The van der Waals surface area contributed by atoms with Crippen LogP contribution in [-0.4, -0.2) is 30.4 Å². The summed E-state index contributed by atoms with van der Waals surface area (Å²) in [6.07, 6.45) is 0.981. The lowest BCUT2D eigenvalue weighted by atomic mass is 10.0. The average molecular weight is 415 g/mol. The summed E-state index contributed by atoms with van der Waals surface area (Å²) in [5.74, 6) is 0.639. The Labute approximate surface area is 182 Å². The Morgan fingerprint density at radius 3 is 2.42 bits per heavy atom. The zero-order chi connectivity index (χ0) is 21.6. The highest BCUT2D eigenvalue weighted by Crippen LogP contribution is 2.34. The van der Waals surface area contributed by atoms with Crippen molar-refractivity contribution in [2.24, 2.45) is 0 Å². The van der Waals surface area contributed by atoms with Crippen molar-refractivity contribution >= 4 is 11.8 Å². The minimum Gasteiger partial charge on any atom is -0.497 e. The average Bonchev–Trinajstić information content (AvgIpc) is 3.15. The van der Waals surface area contributed by atoms with Crippen LogP contribution in [0.4, 0.5) is 0 Å². The molecule has 1 aliphatic rings. The van der Waals surface area contributed by atoms with Crippen LogP contribution in [0.15, 0.2) is 78.9 Å². The Balaban J connectivity index is 1.49. The zero-order valence-corrected chi connectivity index (χ0v) is 17.6. The highest BCUT2D eigenvalue weighted by Gasteiger charge is 2.34. The molecule has 0 fully saturated rings. The van der Waals surface area contributed by atoms with Crippen molar-refractivity contribution in [3.05, 3.63) is 101 Å². The van der Waals surface area contributed by atoms with Gasteiger partial charge in [0.1, 0.15) is 5.75 Å².